The van der Waals surface area contributed by atoms with Crippen LogP contribution in [-0.2, 0) is 0 Å². The van der Waals surface area contributed by atoms with Crippen LogP contribution in [0.5, 0.6) is 0 Å². The Morgan fingerprint density at radius 1 is 1.38 bits per heavy atom. The van der Waals surface area contributed by atoms with Crippen LogP contribution in [0.2, 0.25) is 0 Å². The third-order valence-electron chi connectivity index (χ3n) is 2.35. The molecule has 1 heterocycles. The zero-order valence-corrected chi connectivity index (χ0v) is 9.01. The number of aromatic carboxylic acids is 1. The molecular weight excluding hydrogens is 206 g/mol. The van der Waals surface area contributed by atoms with Gasteiger partial charge in [-0.15, -0.1) is 5.10 Å². The standard InChI is InChI=1S/C11H11N3O2/c1-7-3-4-9(8(2)5-7)14-10(11(15)16)6-12-13-14/h3-6H,1-2H3,(H,15,16). The molecule has 0 bridgehead atoms. The Balaban J connectivity index is 2.59. The molecule has 0 aliphatic rings. The number of rotatable bonds is 2. The molecule has 1 aromatic carbocycles. The summed E-state index contributed by atoms with van der Waals surface area (Å²) in [6.45, 7) is 3.89. The third-order valence-corrected chi connectivity index (χ3v) is 2.35. The molecule has 0 saturated heterocycles. The number of benzene rings is 1. The van der Waals surface area contributed by atoms with E-state index in [1.807, 2.05) is 32.0 Å². The molecule has 0 unspecified atom stereocenters. The summed E-state index contributed by atoms with van der Waals surface area (Å²) in [5, 5.41) is 16.4. The van der Waals surface area contributed by atoms with Crippen LogP contribution in [0, 0.1) is 13.8 Å². The summed E-state index contributed by atoms with van der Waals surface area (Å²) in [4.78, 5) is 10.9. The highest BCUT2D eigenvalue weighted by Gasteiger charge is 2.14. The van der Waals surface area contributed by atoms with Crippen molar-refractivity contribution in [1.29, 1.82) is 0 Å². The van der Waals surface area contributed by atoms with Gasteiger partial charge in [0.25, 0.3) is 0 Å². The summed E-state index contributed by atoms with van der Waals surface area (Å²) in [6.07, 6.45) is 1.24. The maximum absolute atomic E-state index is 10.9. The normalized spacial score (nSPS) is 10.4. The van der Waals surface area contributed by atoms with E-state index in [4.69, 9.17) is 5.11 Å². The fourth-order valence-corrected chi connectivity index (χ4v) is 1.60. The van der Waals surface area contributed by atoms with Gasteiger partial charge in [0.15, 0.2) is 5.69 Å². The maximum Gasteiger partial charge on any atom is 0.356 e. The first-order valence-corrected chi connectivity index (χ1v) is 4.81. The molecule has 2 aromatic rings. The second-order valence-corrected chi connectivity index (χ2v) is 3.63. The van der Waals surface area contributed by atoms with Crippen molar-refractivity contribution in [3.05, 3.63) is 41.2 Å². The fraction of sp³-hybridized carbons (Fsp3) is 0.182. The van der Waals surface area contributed by atoms with Gasteiger partial charge in [-0.3, -0.25) is 0 Å². The second-order valence-electron chi connectivity index (χ2n) is 3.63. The van der Waals surface area contributed by atoms with Crippen LogP contribution in [0.3, 0.4) is 0 Å². The summed E-state index contributed by atoms with van der Waals surface area (Å²) >= 11 is 0. The van der Waals surface area contributed by atoms with Gasteiger partial charge < -0.3 is 5.11 Å². The number of hydrogen-bond donors (Lipinski definition) is 1. The van der Waals surface area contributed by atoms with E-state index >= 15 is 0 Å². The van der Waals surface area contributed by atoms with Crippen molar-refractivity contribution in [3.8, 4) is 5.69 Å². The maximum atomic E-state index is 10.9. The average Bonchev–Trinajstić information content (AvgIpc) is 2.66. The largest absolute Gasteiger partial charge is 0.476 e. The van der Waals surface area contributed by atoms with Gasteiger partial charge in [0.1, 0.15) is 0 Å². The monoisotopic (exact) mass is 217 g/mol. The van der Waals surface area contributed by atoms with E-state index in [9.17, 15) is 4.79 Å². The number of nitrogens with zero attached hydrogens (tertiary/aromatic N) is 3. The Morgan fingerprint density at radius 2 is 2.12 bits per heavy atom. The Bertz CT molecular complexity index is 546. The van der Waals surface area contributed by atoms with Crippen LogP contribution in [0.4, 0.5) is 0 Å². The van der Waals surface area contributed by atoms with Crippen molar-refractivity contribution in [2.24, 2.45) is 0 Å². The molecule has 0 radical (unpaired) electrons. The van der Waals surface area contributed by atoms with Gasteiger partial charge in [-0.2, -0.15) is 0 Å². The van der Waals surface area contributed by atoms with Crippen molar-refractivity contribution < 1.29 is 9.90 Å². The van der Waals surface area contributed by atoms with Crippen molar-refractivity contribution in [1.82, 2.24) is 15.0 Å². The Morgan fingerprint density at radius 3 is 2.75 bits per heavy atom. The average molecular weight is 217 g/mol. The van der Waals surface area contributed by atoms with Crippen LogP contribution in [-0.4, -0.2) is 26.1 Å². The van der Waals surface area contributed by atoms with Gasteiger partial charge in [-0.1, -0.05) is 22.9 Å². The first kappa shape index (κ1) is 10.4. The molecule has 2 rings (SSSR count). The number of carboxylic acid groups (broad SMARTS) is 1. The molecule has 16 heavy (non-hydrogen) atoms. The first-order chi connectivity index (χ1) is 7.59. The summed E-state index contributed by atoms with van der Waals surface area (Å²) in [5.74, 6) is -1.04. The molecule has 0 amide bonds. The lowest BCUT2D eigenvalue weighted by Crippen LogP contribution is -2.09. The molecule has 0 atom stereocenters. The van der Waals surface area contributed by atoms with Crippen molar-refractivity contribution in [3.63, 3.8) is 0 Å². The van der Waals surface area contributed by atoms with Crippen LogP contribution in [0.15, 0.2) is 24.4 Å². The van der Waals surface area contributed by atoms with Gasteiger partial charge in [0, 0.05) is 0 Å². The van der Waals surface area contributed by atoms with Gasteiger partial charge in [0.05, 0.1) is 11.9 Å². The highest BCUT2D eigenvalue weighted by molar-refractivity contribution is 5.85. The predicted molar refractivity (Wildman–Crippen MR) is 57.8 cm³/mol. The van der Waals surface area contributed by atoms with Crippen LogP contribution in [0.1, 0.15) is 21.6 Å². The summed E-state index contributed by atoms with van der Waals surface area (Å²) in [6, 6.07) is 5.73. The minimum atomic E-state index is -1.04. The molecule has 0 saturated carbocycles. The predicted octanol–water partition coefficient (Wildman–Crippen LogP) is 1.58. The van der Waals surface area contributed by atoms with E-state index in [0.717, 1.165) is 16.8 Å². The topological polar surface area (TPSA) is 68.0 Å². The number of hydrogen-bond acceptors (Lipinski definition) is 3. The molecule has 1 N–H and O–H groups in total. The van der Waals surface area contributed by atoms with Gasteiger partial charge in [-0.25, -0.2) is 9.48 Å². The Labute approximate surface area is 92.3 Å². The first-order valence-electron chi connectivity index (χ1n) is 4.81. The van der Waals surface area contributed by atoms with E-state index in [2.05, 4.69) is 10.3 Å². The number of aryl methyl sites for hydroxylation is 2. The highest BCUT2D eigenvalue weighted by atomic mass is 16.4. The van der Waals surface area contributed by atoms with Crippen molar-refractivity contribution in [2.45, 2.75) is 13.8 Å². The SMILES string of the molecule is Cc1ccc(-n2nncc2C(=O)O)c(C)c1. The van der Waals surface area contributed by atoms with E-state index in [0.29, 0.717) is 0 Å². The van der Waals surface area contributed by atoms with Crippen LogP contribution >= 0.6 is 0 Å². The molecule has 5 nitrogen and oxygen atoms in total. The lowest BCUT2D eigenvalue weighted by molar-refractivity contribution is 0.0687. The van der Waals surface area contributed by atoms with Crippen LogP contribution < -0.4 is 0 Å². The molecule has 5 heteroatoms. The molecule has 0 spiro atoms. The van der Waals surface area contributed by atoms with Gasteiger partial charge in [-0.05, 0) is 25.5 Å². The van der Waals surface area contributed by atoms with E-state index in [-0.39, 0.29) is 5.69 Å². The molecule has 1 aromatic heterocycles. The third kappa shape index (κ3) is 1.67. The van der Waals surface area contributed by atoms with E-state index in [1.165, 1.54) is 10.9 Å². The molecule has 0 aliphatic carbocycles. The number of carboxylic acids is 1. The summed E-state index contributed by atoms with van der Waals surface area (Å²) < 4.78 is 1.33. The van der Waals surface area contributed by atoms with E-state index in [1.54, 1.807) is 0 Å². The molecular formula is C11H11N3O2. The van der Waals surface area contributed by atoms with E-state index < -0.39 is 5.97 Å². The number of aromatic nitrogens is 3. The van der Waals surface area contributed by atoms with Crippen LogP contribution in [0.25, 0.3) is 5.69 Å². The summed E-state index contributed by atoms with van der Waals surface area (Å²) in [5.41, 5.74) is 2.89. The van der Waals surface area contributed by atoms with Gasteiger partial charge in [0.2, 0.25) is 0 Å². The Kier molecular flexibility index (Phi) is 2.44. The molecule has 82 valence electrons. The minimum Gasteiger partial charge on any atom is -0.476 e. The molecule has 0 fully saturated rings. The lowest BCUT2D eigenvalue weighted by atomic mass is 10.1. The Hall–Kier alpha value is -2.17. The second kappa shape index (κ2) is 3.77. The zero-order valence-electron chi connectivity index (χ0n) is 9.01. The smallest absolute Gasteiger partial charge is 0.356 e. The highest BCUT2D eigenvalue weighted by Crippen LogP contribution is 2.16. The van der Waals surface area contributed by atoms with Crippen molar-refractivity contribution in [2.75, 3.05) is 0 Å². The lowest BCUT2D eigenvalue weighted by Gasteiger charge is -2.07. The molecule has 0 aliphatic heterocycles. The summed E-state index contributed by atoms with van der Waals surface area (Å²) in [7, 11) is 0. The van der Waals surface area contributed by atoms with Gasteiger partial charge >= 0.3 is 5.97 Å². The number of carbonyl (C=O) groups is 1. The van der Waals surface area contributed by atoms with Crippen molar-refractivity contribution >= 4 is 5.97 Å². The minimum absolute atomic E-state index is 0.0620. The fourth-order valence-electron chi connectivity index (χ4n) is 1.60. The zero-order chi connectivity index (χ0) is 11.7. The quantitative estimate of drug-likeness (QED) is 0.829.